The van der Waals surface area contributed by atoms with Gasteiger partial charge in [-0.25, -0.2) is 4.39 Å². The van der Waals surface area contributed by atoms with Crippen molar-refractivity contribution in [1.82, 2.24) is 10.2 Å². The van der Waals surface area contributed by atoms with Crippen molar-refractivity contribution in [2.24, 2.45) is 5.73 Å². The van der Waals surface area contributed by atoms with Gasteiger partial charge in [0.1, 0.15) is 23.2 Å². The van der Waals surface area contributed by atoms with E-state index in [0.717, 1.165) is 32.5 Å². The van der Waals surface area contributed by atoms with Gasteiger partial charge in [-0.3, -0.25) is 10.2 Å². The topological polar surface area (TPSA) is 129 Å². The van der Waals surface area contributed by atoms with Gasteiger partial charge in [-0.15, -0.1) is 0 Å². The first-order valence-corrected chi connectivity index (χ1v) is 12.9. The number of nitrogens with two attached hydrogens (primary N) is 1. The Labute approximate surface area is 217 Å². The van der Waals surface area contributed by atoms with E-state index in [4.69, 9.17) is 11.1 Å². The van der Waals surface area contributed by atoms with E-state index >= 15 is 4.39 Å². The highest BCUT2D eigenvalue weighted by molar-refractivity contribution is 6.13. The van der Waals surface area contributed by atoms with Crippen LogP contribution in [0.1, 0.15) is 50.7 Å². The number of carbonyl (C=O) groups excluding carboxylic acids is 1. The molecule has 200 valence electrons. The van der Waals surface area contributed by atoms with E-state index < -0.39 is 17.9 Å². The Balaban J connectivity index is 1.69. The smallest absolute Gasteiger partial charge is 0.258 e. The molecule has 2 fully saturated rings. The molecule has 1 saturated heterocycles. The van der Waals surface area contributed by atoms with Gasteiger partial charge < -0.3 is 36.0 Å². The normalized spacial score (nSPS) is 17.1. The molecule has 0 bridgehead atoms. The first kappa shape index (κ1) is 26.7. The number of halogens is 1. The summed E-state index contributed by atoms with van der Waals surface area (Å²) >= 11 is 0. The largest absolute Gasteiger partial charge is 0.508 e. The van der Waals surface area contributed by atoms with Crippen molar-refractivity contribution in [3.05, 3.63) is 47.3 Å². The third kappa shape index (κ3) is 5.80. The number of nitrogens with one attached hydrogen (secondary N) is 2. The van der Waals surface area contributed by atoms with Crippen LogP contribution in [0.2, 0.25) is 0 Å². The molecule has 1 unspecified atom stereocenters. The monoisotopic (exact) mass is 512 g/mol. The summed E-state index contributed by atoms with van der Waals surface area (Å²) in [6.45, 7) is 9.90. The number of amides is 1. The highest BCUT2D eigenvalue weighted by atomic mass is 19.1. The number of hydrogen-bond donors (Lipinski definition) is 5. The Bertz CT molecular complexity index is 1160. The molecule has 1 atom stereocenters. The summed E-state index contributed by atoms with van der Waals surface area (Å²) in [6.07, 6.45) is 0.393. The summed E-state index contributed by atoms with van der Waals surface area (Å²) in [7, 11) is 0. The van der Waals surface area contributed by atoms with E-state index in [2.05, 4.69) is 17.1 Å². The van der Waals surface area contributed by atoms with E-state index in [-0.39, 0.29) is 40.5 Å². The molecule has 0 spiro atoms. The van der Waals surface area contributed by atoms with Crippen molar-refractivity contribution in [3.63, 3.8) is 0 Å². The number of phenolic OH excluding ortho intramolecular Hbond substituents is 2. The predicted molar refractivity (Wildman–Crippen MR) is 143 cm³/mol. The molecule has 9 nitrogen and oxygen atoms in total. The number of hydrogen-bond acceptors (Lipinski definition) is 7. The minimum atomic E-state index is -1.33. The van der Waals surface area contributed by atoms with Crippen molar-refractivity contribution >= 4 is 23.1 Å². The minimum Gasteiger partial charge on any atom is -0.508 e. The maximum Gasteiger partial charge on any atom is 0.258 e. The number of benzene rings is 2. The van der Waals surface area contributed by atoms with Crippen LogP contribution in [0.25, 0.3) is 0 Å². The van der Waals surface area contributed by atoms with Crippen LogP contribution in [0.4, 0.5) is 15.8 Å². The molecule has 2 aromatic carbocycles. The Hall–Kier alpha value is -3.37. The average Bonchev–Trinajstić information content (AvgIpc) is 3.68. The van der Waals surface area contributed by atoms with Gasteiger partial charge in [0.05, 0.1) is 11.3 Å². The number of amidine groups is 1. The molecule has 0 aromatic heterocycles. The second-order valence-electron chi connectivity index (χ2n) is 10.1. The maximum atomic E-state index is 15.5. The first-order chi connectivity index (χ1) is 17.6. The molecule has 6 N–H and O–H groups in total. The zero-order chi connectivity index (χ0) is 26.9. The lowest BCUT2D eigenvalue weighted by atomic mass is 9.98. The number of anilines is 2. The minimum absolute atomic E-state index is 0.0464. The summed E-state index contributed by atoms with van der Waals surface area (Å²) in [6, 6.07) is 7.30. The van der Waals surface area contributed by atoms with Crippen LogP contribution in [0.3, 0.4) is 0 Å². The van der Waals surface area contributed by atoms with Gasteiger partial charge in [0.2, 0.25) is 0 Å². The van der Waals surface area contributed by atoms with Crippen molar-refractivity contribution in [3.8, 4) is 11.5 Å². The quantitative estimate of drug-likeness (QED) is 0.209. The summed E-state index contributed by atoms with van der Waals surface area (Å²) in [5.74, 6) is -1.76. The zero-order valence-corrected chi connectivity index (χ0v) is 21.7. The molecule has 2 aliphatic rings. The number of carbonyl (C=O) groups is 1. The number of piperazine rings is 1. The predicted octanol–water partition coefficient (Wildman–Crippen LogP) is 2.90. The molecule has 1 aliphatic carbocycles. The fourth-order valence-corrected chi connectivity index (χ4v) is 4.64. The van der Waals surface area contributed by atoms with E-state index in [1.54, 1.807) is 12.1 Å². The Morgan fingerprint density at radius 1 is 1.16 bits per heavy atom. The molecule has 1 aliphatic heterocycles. The van der Waals surface area contributed by atoms with Gasteiger partial charge in [-0.2, -0.15) is 0 Å². The number of likely N-dealkylation sites (N-methyl/N-ethyl adjacent to an activating group) is 1. The summed E-state index contributed by atoms with van der Waals surface area (Å²) in [5, 5.41) is 32.6. The van der Waals surface area contributed by atoms with Crippen LogP contribution >= 0.6 is 0 Å². The van der Waals surface area contributed by atoms with Crippen LogP contribution in [0.15, 0.2) is 30.3 Å². The standard InChI is InChI=1S/C27H37FN6O3/c1-4-32-9-11-33(12-10-32)22-8-7-18(13-21(22)28)34(26(30)27(37)31-17-5-6-17)25(29)20-14-19(16(2)3)23(35)15-24(20)36/h7-8,13-17,26,29,35-36H,4-6,9-12,30H2,1-3H3,(H,31,37). The lowest BCUT2D eigenvalue weighted by Gasteiger charge is -2.36. The van der Waals surface area contributed by atoms with Gasteiger partial charge in [-0.05, 0) is 55.1 Å². The Morgan fingerprint density at radius 2 is 1.84 bits per heavy atom. The van der Waals surface area contributed by atoms with Crippen molar-refractivity contribution in [2.75, 3.05) is 42.5 Å². The van der Waals surface area contributed by atoms with E-state index in [1.807, 2.05) is 18.7 Å². The summed E-state index contributed by atoms with van der Waals surface area (Å²) < 4.78 is 15.5. The fourth-order valence-electron chi connectivity index (χ4n) is 4.64. The highest BCUT2D eigenvalue weighted by Crippen LogP contribution is 2.35. The van der Waals surface area contributed by atoms with Crippen molar-refractivity contribution in [1.29, 1.82) is 5.41 Å². The third-order valence-electron chi connectivity index (χ3n) is 7.10. The van der Waals surface area contributed by atoms with Gasteiger partial charge in [0, 0.05) is 44.0 Å². The zero-order valence-electron chi connectivity index (χ0n) is 21.7. The van der Waals surface area contributed by atoms with Crippen molar-refractivity contribution < 1.29 is 19.4 Å². The van der Waals surface area contributed by atoms with Gasteiger partial charge in [0.15, 0.2) is 6.17 Å². The van der Waals surface area contributed by atoms with E-state index in [1.165, 1.54) is 23.1 Å². The van der Waals surface area contributed by atoms with Crippen LogP contribution in [-0.4, -0.2) is 71.8 Å². The molecular formula is C27H37FN6O3. The van der Waals surface area contributed by atoms with E-state index in [9.17, 15) is 15.0 Å². The highest BCUT2D eigenvalue weighted by Gasteiger charge is 2.33. The number of rotatable bonds is 8. The van der Waals surface area contributed by atoms with Gasteiger partial charge in [0.25, 0.3) is 5.91 Å². The van der Waals surface area contributed by atoms with Crippen molar-refractivity contribution in [2.45, 2.75) is 51.7 Å². The molecule has 2 aromatic rings. The molecule has 4 rings (SSSR count). The molecular weight excluding hydrogens is 475 g/mol. The second-order valence-corrected chi connectivity index (χ2v) is 10.1. The molecule has 1 saturated carbocycles. The number of nitrogens with zero attached hydrogens (tertiary/aromatic N) is 3. The Morgan fingerprint density at radius 3 is 2.41 bits per heavy atom. The molecule has 0 radical (unpaired) electrons. The Kier molecular flexibility index (Phi) is 7.89. The number of aromatic hydroxyl groups is 2. The molecule has 1 heterocycles. The molecule has 1 amide bonds. The molecule has 10 heteroatoms. The fraction of sp³-hybridized carbons (Fsp3) is 0.481. The van der Waals surface area contributed by atoms with Gasteiger partial charge in [-0.1, -0.05) is 20.8 Å². The summed E-state index contributed by atoms with van der Waals surface area (Å²) in [5.41, 5.74) is 7.63. The second kappa shape index (κ2) is 10.9. The lowest BCUT2D eigenvalue weighted by molar-refractivity contribution is -0.122. The van der Waals surface area contributed by atoms with E-state index in [0.29, 0.717) is 24.3 Å². The van der Waals surface area contributed by atoms with Crippen LogP contribution in [0, 0.1) is 11.2 Å². The van der Waals surface area contributed by atoms with Crippen LogP contribution in [-0.2, 0) is 4.79 Å². The third-order valence-corrected chi connectivity index (χ3v) is 7.10. The maximum absolute atomic E-state index is 15.5. The summed E-state index contributed by atoms with van der Waals surface area (Å²) in [4.78, 5) is 18.4. The SMILES string of the molecule is CCN1CCN(c2ccc(N(C(=N)c3cc(C(C)C)c(O)cc3O)C(N)C(=O)NC3CC3)cc2F)CC1. The number of phenols is 2. The average molecular weight is 513 g/mol. The first-order valence-electron chi connectivity index (χ1n) is 12.9. The molecule has 37 heavy (non-hydrogen) atoms. The van der Waals surface area contributed by atoms with Crippen LogP contribution < -0.4 is 20.9 Å². The van der Waals surface area contributed by atoms with Gasteiger partial charge >= 0.3 is 0 Å². The van der Waals surface area contributed by atoms with Crippen LogP contribution in [0.5, 0.6) is 11.5 Å². The lowest BCUT2D eigenvalue weighted by Crippen LogP contribution is -2.55.